The molecule has 1 aliphatic heterocycles. The number of benzene rings is 2. The third-order valence-electron chi connectivity index (χ3n) is 5.48. The number of amides is 1. The number of nitrogens with zero attached hydrogens (tertiary/aromatic N) is 2. The third-order valence-corrected chi connectivity index (χ3v) is 5.48. The molecule has 0 aliphatic carbocycles. The van der Waals surface area contributed by atoms with E-state index >= 15 is 0 Å². The Balaban J connectivity index is 1.47. The van der Waals surface area contributed by atoms with Gasteiger partial charge in [0.05, 0.1) is 12.1 Å². The zero-order valence-corrected chi connectivity index (χ0v) is 16.7. The Kier molecular flexibility index (Phi) is 6.64. The number of nitrogens with one attached hydrogen (secondary N) is 1. The summed E-state index contributed by atoms with van der Waals surface area (Å²) in [6, 6.07) is 18.8. The van der Waals surface area contributed by atoms with Crippen LogP contribution >= 0.6 is 0 Å². The van der Waals surface area contributed by atoms with Crippen molar-refractivity contribution in [1.29, 1.82) is 0 Å². The van der Waals surface area contributed by atoms with E-state index in [4.69, 9.17) is 0 Å². The van der Waals surface area contributed by atoms with Crippen LogP contribution in [-0.4, -0.2) is 47.9 Å². The second kappa shape index (κ2) is 9.16. The van der Waals surface area contributed by atoms with Gasteiger partial charge in [-0.2, -0.15) is 0 Å². The van der Waals surface area contributed by atoms with Crippen molar-refractivity contribution in [2.75, 3.05) is 26.2 Å². The fourth-order valence-corrected chi connectivity index (χ4v) is 3.70. The van der Waals surface area contributed by atoms with Crippen molar-refractivity contribution in [3.63, 3.8) is 0 Å². The lowest BCUT2D eigenvalue weighted by atomic mass is 10.1. The highest BCUT2D eigenvalue weighted by molar-refractivity contribution is 5.81. The Labute approximate surface area is 163 Å². The standard InChI is InChI=1S/C23H31N3O/c1-18-8-7-9-21(16-18)17-25-12-14-26(15-13-25)20(3)23(27)24-19(2)22-10-5-4-6-11-22/h4-11,16,19-20H,12-15,17H2,1-3H3,(H,24,27)/t19-,20+/m1/s1. The lowest BCUT2D eigenvalue weighted by Gasteiger charge is -2.37. The van der Waals surface area contributed by atoms with Crippen LogP contribution in [0.5, 0.6) is 0 Å². The Bertz CT molecular complexity index is 738. The molecular formula is C23H31N3O. The molecule has 2 aromatic rings. The van der Waals surface area contributed by atoms with E-state index in [9.17, 15) is 4.79 Å². The van der Waals surface area contributed by atoms with E-state index in [0.717, 1.165) is 38.3 Å². The van der Waals surface area contributed by atoms with Crippen molar-refractivity contribution in [2.45, 2.75) is 39.4 Å². The third kappa shape index (κ3) is 5.41. The van der Waals surface area contributed by atoms with Crippen molar-refractivity contribution in [1.82, 2.24) is 15.1 Å². The van der Waals surface area contributed by atoms with E-state index in [1.165, 1.54) is 11.1 Å². The zero-order valence-electron chi connectivity index (χ0n) is 16.7. The second-order valence-corrected chi connectivity index (χ2v) is 7.62. The predicted molar refractivity (Wildman–Crippen MR) is 110 cm³/mol. The van der Waals surface area contributed by atoms with Crippen LogP contribution in [-0.2, 0) is 11.3 Å². The molecule has 1 fully saturated rings. The van der Waals surface area contributed by atoms with Crippen molar-refractivity contribution < 1.29 is 4.79 Å². The van der Waals surface area contributed by atoms with Crippen LogP contribution in [0.25, 0.3) is 0 Å². The molecule has 1 heterocycles. The molecule has 1 saturated heterocycles. The zero-order chi connectivity index (χ0) is 19.2. The topological polar surface area (TPSA) is 35.6 Å². The summed E-state index contributed by atoms with van der Waals surface area (Å²) in [5, 5.41) is 3.16. The molecule has 0 saturated carbocycles. The first-order valence-corrected chi connectivity index (χ1v) is 9.90. The maximum absolute atomic E-state index is 12.7. The minimum absolute atomic E-state index is 0.0313. The lowest BCUT2D eigenvalue weighted by molar-refractivity contribution is -0.127. The van der Waals surface area contributed by atoms with Gasteiger partial charge in [-0.05, 0) is 31.9 Å². The summed E-state index contributed by atoms with van der Waals surface area (Å²) >= 11 is 0. The molecule has 0 spiro atoms. The van der Waals surface area contributed by atoms with E-state index in [2.05, 4.69) is 58.4 Å². The van der Waals surface area contributed by atoms with Crippen molar-refractivity contribution in [3.05, 3.63) is 71.3 Å². The molecule has 0 bridgehead atoms. The maximum atomic E-state index is 12.7. The second-order valence-electron chi connectivity index (χ2n) is 7.62. The molecule has 1 amide bonds. The normalized spacial score (nSPS) is 18.0. The summed E-state index contributed by atoms with van der Waals surface area (Å²) in [5.41, 5.74) is 3.82. The van der Waals surface area contributed by atoms with Gasteiger partial charge in [-0.15, -0.1) is 0 Å². The largest absolute Gasteiger partial charge is 0.348 e. The maximum Gasteiger partial charge on any atom is 0.237 e. The molecule has 2 atom stereocenters. The molecule has 4 heteroatoms. The van der Waals surface area contributed by atoms with Crippen molar-refractivity contribution >= 4 is 5.91 Å². The highest BCUT2D eigenvalue weighted by Crippen LogP contribution is 2.14. The van der Waals surface area contributed by atoms with E-state index in [0.29, 0.717) is 0 Å². The predicted octanol–water partition coefficient (Wildman–Crippen LogP) is 3.38. The van der Waals surface area contributed by atoms with E-state index in [1.54, 1.807) is 0 Å². The number of rotatable bonds is 6. The number of carbonyl (C=O) groups is 1. The molecule has 3 rings (SSSR count). The van der Waals surface area contributed by atoms with Gasteiger partial charge in [0.1, 0.15) is 0 Å². The monoisotopic (exact) mass is 365 g/mol. The Morgan fingerprint density at radius 3 is 2.37 bits per heavy atom. The Hall–Kier alpha value is -2.17. The summed E-state index contributed by atoms with van der Waals surface area (Å²) in [5.74, 6) is 0.110. The number of hydrogen-bond acceptors (Lipinski definition) is 3. The van der Waals surface area contributed by atoms with Gasteiger partial charge in [-0.1, -0.05) is 60.2 Å². The number of aryl methyl sites for hydroxylation is 1. The van der Waals surface area contributed by atoms with Gasteiger partial charge in [0.15, 0.2) is 0 Å². The minimum atomic E-state index is -0.0997. The van der Waals surface area contributed by atoms with E-state index < -0.39 is 0 Å². The van der Waals surface area contributed by atoms with Crippen molar-refractivity contribution in [2.24, 2.45) is 0 Å². The molecule has 0 radical (unpaired) electrons. The lowest BCUT2D eigenvalue weighted by Crippen LogP contribution is -2.53. The van der Waals surface area contributed by atoms with E-state index in [1.807, 2.05) is 32.0 Å². The summed E-state index contributed by atoms with van der Waals surface area (Å²) in [6.07, 6.45) is 0. The van der Waals surface area contributed by atoms with Crippen molar-refractivity contribution in [3.8, 4) is 0 Å². The first-order chi connectivity index (χ1) is 13.0. The van der Waals surface area contributed by atoms with Gasteiger partial charge in [0, 0.05) is 32.7 Å². The molecule has 27 heavy (non-hydrogen) atoms. The Morgan fingerprint density at radius 1 is 1.00 bits per heavy atom. The molecule has 4 nitrogen and oxygen atoms in total. The van der Waals surface area contributed by atoms with Gasteiger partial charge in [-0.3, -0.25) is 14.6 Å². The molecule has 0 unspecified atom stereocenters. The van der Waals surface area contributed by atoms with Gasteiger partial charge < -0.3 is 5.32 Å². The Morgan fingerprint density at radius 2 is 1.70 bits per heavy atom. The average molecular weight is 366 g/mol. The first kappa shape index (κ1) is 19.6. The summed E-state index contributed by atoms with van der Waals surface area (Å²) < 4.78 is 0. The van der Waals surface area contributed by atoms with Gasteiger partial charge >= 0.3 is 0 Å². The highest BCUT2D eigenvalue weighted by Gasteiger charge is 2.26. The quantitative estimate of drug-likeness (QED) is 0.852. The minimum Gasteiger partial charge on any atom is -0.348 e. The fourth-order valence-electron chi connectivity index (χ4n) is 3.70. The van der Waals surface area contributed by atoms with Gasteiger partial charge in [-0.25, -0.2) is 0 Å². The molecule has 1 N–H and O–H groups in total. The van der Waals surface area contributed by atoms with Crippen LogP contribution in [0.15, 0.2) is 54.6 Å². The molecular weight excluding hydrogens is 334 g/mol. The highest BCUT2D eigenvalue weighted by atomic mass is 16.2. The molecule has 144 valence electrons. The summed E-state index contributed by atoms with van der Waals surface area (Å²) in [6.45, 7) is 11.0. The van der Waals surface area contributed by atoms with Crippen LogP contribution in [0.1, 0.15) is 36.6 Å². The van der Waals surface area contributed by atoms with Crippen LogP contribution < -0.4 is 5.32 Å². The van der Waals surface area contributed by atoms with Crippen LogP contribution in [0.4, 0.5) is 0 Å². The SMILES string of the molecule is Cc1cccc(CN2CCN([C@@H](C)C(=O)N[C@H](C)c3ccccc3)CC2)c1. The van der Waals surface area contributed by atoms with Gasteiger partial charge in [0.2, 0.25) is 5.91 Å². The molecule has 1 aliphatic rings. The number of carbonyl (C=O) groups excluding carboxylic acids is 1. The van der Waals surface area contributed by atoms with E-state index in [-0.39, 0.29) is 18.0 Å². The van der Waals surface area contributed by atoms with Gasteiger partial charge in [0.25, 0.3) is 0 Å². The van der Waals surface area contributed by atoms with Crippen LogP contribution in [0, 0.1) is 6.92 Å². The summed E-state index contributed by atoms with van der Waals surface area (Å²) in [4.78, 5) is 17.4. The smallest absolute Gasteiger partial charge is 0.237 e. The van der Waals surface area contributed by atoms with Crippen LogP contribution in [0.2, 0.25) is 0 Å². The fraction of sp³-hybridized carbons (Fsp3) is 0.435. The number of piperazine rings is 1. The summed E-state index contributed by atoms with van der Waals surface area (Å²) in [7, 11) is 0. The average Bonchev–Trinajstić information content (AvgIpc) is 2.68. The first-order valence-electron chi connectivity index (χ1n) is 9.90. The molecule has 0 aromatic heterocycles. The van der Waals surface area contributed by atoms with Crippen LogP contribution in [0.3, 0.4) is 0 Å². The number of hydrogen-bond donors (Lipinski definition) is 1. The molecule has 2 aromatic carbocycles.